The van der Waals surface area contributed by atoms with E-state index in [0.29, 0.717) is 3.57 Å². The van der Waals surface area contributed by atoms with Gasteiger partial charge in [0.05, 0.1) is 4.90 Å². The normalized spacial score (nSPS) is 11.5. The van der Waals surface area contributed by atoms with E-state index in [1.54, 1.807) is 18.2 Å². The van der Waals surface area contributed by atoms with Gasteiger partial charge in [0.15, 0.2) is 0 Å². The molecule has 0 bridgehead atoms. The summed E-state index contributed by atoms with van der Waals surface area (Å²) in [6, 6.07) is 6.56. The van der Waals surface area contributed by atoms with Crippen molar-refractivity contribution in [1.29, 1.82) is 0 Å². The Morgan fingerprint density at radius 1 is 1.27 bits per heavy atom. The van der Waals surface area contributed by atoms with Crippen LogP contribution in [0.4, 0.5) is 0 Å². The number of halogens is 2. The van der Waals surface area contributed by atoms with Crippen LogP contribution in [0.1, 0.15) is 0 Å². The van der Waals surface area contributed by atoms with Crippen molar-refractivity contribution in [3.63, 3.8) is 0 Å². The van der Waals surface area contributed by atoms with Crippen LogP contribution in [0, 0.1) is 3.57 Å². The van der Waals surface area contributed by atoms with E-state index in [1.165, 1.54) is 6.07 Å². The summed E-state index contributed by atoms with van der Waals surface area (Å²) in [6.45, 7) is 0. The zero-order valence-electron chi connectivity index (χ0n) is 5.29. The zero-order valence-corrected chi connectivity index (χ0v) is 9.02. The van der Waals surface area contributed by atoms with Gasteiger partial charge in [-0.15, -0.1) is 0 Å². The summed E-state index contributed by atoms with van der Waals surface area (Å²) in [5, 5.41) is 0. The second kappa shape index (κ2) is 3.28. The van der Waals surface area contributed by atoms with E-state index in [1.807, 2.05) is 22.6 Å². The van der Waals surface area contributed by atoms with Crippen LogP contribution in [0.25, 0.3) is 0 Å². The minimum absolute atomic E-state index is 0.169. The highest BCUT2D eigenvalue weighted by atomic mass is 127. The highest BCUT2D eigenvalue weighted by Crippen LogP contribution is 2.20. The average Bonchev–Trinajstić information content (AvgIpc) is 1.86. The first-order chi connectivity index (χ1) is 5.02. The molecule has 0 fully saturated rings. The molecule has 0 radical (unpaired) electrons. The van der Waals surface area contributed by atoms with E-state index < -0.39 is 9.05 Å². The Bertz CT molecular complexity index is 361. The lowest BCUT2D eigenvalue weighted by Crippen LogP contribution is -1.92. The summed E-state index contributed by atoms with van der Waals surface area (Å²) >= 11 is 1.92. The van der Waals surface area contributed by atoms with E-state index in [0.717, 1.165) is 0 Å². The third kappa shape index (κ3) is 2.31. The first-order valence-corrected chi connectivity index (χ1v) is 6.10. The van der Waals surface area contributed by atoms with Gasteiger partial charge in [-0.3, -0.25) is 0 Å². The quantitative estimate of drug-likeness (QED) is 0.589. The molecular weight excluding hydrogens is 298 g/mol. The lowest BCUT2D eigenvalue weighted by molar-refractivity contribution is 0.609. The molecule has 0 N–H and O–H groups in total. The Kier molecular flexibility index (Phi) is 2.77. The van der Waals surface area contributed by atoms with Gasteiger partial charge in [-0.25, -0.2) is 8.42 Å². The molecule has 1 aromatic rings. The van der Waals surface area contributed by atoms with Crippen molar-refractivity contribution in [2.75, 3.05) is 0 Å². The Morgan fingerprint density at radius 2 is 1.82 bits per heavy atom. The van der Waals surface area contributed by atoms with E-state index in [2.05, 4.69) is 0 Å². The molecule has 0 unspecified atom stereocenters. The van der Waals surface area contributed by atoms with Crippen LogP contribution >= 0.6 is 33.3 Å². The smallest absolute Gasteiger partial charge is 0.207 e. The predicted molar refractivity (Wildman–Crippen MR) is 52.2 cm³/mol. The maximum atomic E-state index is 10.8. The Morgan fingerprint density at radius 3 is 2.18 bits per heavy atom. The van der Waals surface area contributed by atoms with E-state index in [4.69, 9.17) is 10.7 Å². The summed E-state index contributed by atoms with van der Waals surface area (Å²) in [4.78, 5) is 0.169. The maximum absolute atomic E-state index is 10.8. The summed E-state index contributed by atoms with van der Waals surface area (Å²) in [6.07, 6.45) is 0. The van der Waals surface area contributed by atoms with E-state index in [9.17, 15) is 8.42 Å². The number of rotatable bonds is 1. The van der Waals surface area contributed by atoms with Crippen molar-refractivity contribution in [3.8, 4) is 0 Å². The average molecular weight is 303 g/mol. The topological polar surface area (TPSA) is 34.1 Å². The molecule has 5 heteroatoms. The third-order valence-electron chi connectivity index (χ3n) is 1.10. The molecule has 0 spiro atoms. The largest absolute Gasteiger partial charge is 0.262 e. The van der Waals surface area contributed by atoms with Crippen LogP contribution in [0.2, 0.25) is 0 Å². The zero-order chi connectivity index (χ0) is 8.48. The highest BCUT2D eigenvalue weighted by molar-refractivity contribution is 14.1. The molecule has 0 atom stereocenters. The first kappa shape index (κ1) is 9.28. The molecule has 2 nitrogen and oxygen atoms in total. The molecule has 11 heavy (non-hydrogen) atoms. The van der Waals surface area contributed by atoms with Crippen LogP contribution in [0.3, 0.4) is 0 Å². The lowest BCUT2D eigenvalue weighted by atomic mass is 10.4. The number of hydrogen-bond donors (Lipinski definition) is 0. The van der Waals surface area contributed by atoms with Crippen LogP contribution < -0.4 is 0 Å². The fourth-order valence-electron chi connectivity index (χ4n) is 0.642. The SMILES string of the molecule is O=S(=O)(Cl)c1ccccc1I. The van der Waals surface area contributed by atoms with Crippen LogP contribution in [0.5, 0.6) is 0 Å². The molecule has 0 amide bonds. The monoisotopic (exact) mass is 302 g/mol. The fourth-order valence-corrected chi connectivity index (χ4v) is 3.24. The van der Waals surface area contributed by atoms with Crippen molar-refractivity contribution in [1.82, 2.24) is 0 Å². The minimum atomic E-state index is -3.57. The third-order valence-corrected chi connectivity index (χ3v) is 3.79. The van der Waals surface area contributed by atoms with E-state index >= 15 is 0 Å². The Labute approximate surface area is 83.1 Å². The summed E-state index contributed by atoms with van der Waals surface area (Å²) < 4.78 is 22.3. The van der Waals surface area contributed by atoms with E-state index in [-0.39, 0.29) is 4.90 Å². The second-order valence-corrected chi connectivity index (χ2v) is 5.56. The van der Waals surface area contributed by atoms with Crippen molar-refractivity contribution >= 4 is 42.3 Å². The van der Waals surface area contributed by atoms with Crippen molar-refractivity contribution < 1.29 is 8.42 Å². The van der Waals surface area contributed by atoms with Gasteiger partial charge in [-0.1, -0.05) is 12.1 Å². The Hall–Kier alpha value is 0.190. The van der Waals surface area contributed by atoms with Crippen molar-refractivity contribution in [3.05, 3.63) is 27.8 Å². The molecule has 0 aliphatic rings. The van der Waals surface area contributed by atoms with Gasteiger partial charge < -0.3 is 0 Å². The van der Waals surface area contributed by atoms with Gasteiger partial charge in [-0.05, 0) is 34.7 Å². The molecule has 0 aliphatic carbocycles. The Balaban J connectivity index is 3.37. The fraction of sp³-hybridized carbons (Fsp3) is 0. The van der Waals surface area contributed by atoms with Crippen LogP contribution in [-0.4, -0.2) is 8.42 Å². The molecule has 1 rings (SSSR count). The van der Waals surface area contributed by atoms with Crippen LogP contribution in [0.15, 0.2) is 29.2 Å². The standard InChI is InChI=1S/C6H4ClIO2S/c7-11(9,10)6-4-2-1-3-5(6)8/h1-4H. The van der Waals surface area contributed by atoms with Gasteiger partial charge in [0.1, 0.15) is 0 Å². The molecule has 0 saturated heterocycles. The lowest BCUT2D eigenvalue weighted by Gasteiger charge is -1.96. The maximum Gasteiger partial charge on any atom is 0.262 e. The van der Waals surface area contributed by atoms with Gasteiger partial charge in [-0.2, -0.15) is 0 Å². The molecule has 0 aliphatic heterocycles. The van der Waals surface area contributed by atoms with Crippen molar-refractivity contribution in [2.24, 2.45) is 0 Å². The number of hydrogen-bond acceptors (Lipinski definition) is 2. The van der Waals surface area contributed by atoms with Gasteiger partial charge in [0.25, 0.3) is 9.05 Å². The summed E-state index contributed by atoms with van der Waals surface area (Å²) in [5.74, 6) is 0. The highest BCUT2D eigenvalue weighted by Gasteiger charge is 2.12. The van der Waals surface area contributed by atoms with Gasteiger partial charge >= 0.3 is 0 Å². The predicted octanol–water partition coefficient (Wildman–Crippen LogP) is 2.22. The summed E-state index contributed by atoms with van der Waals surface area (Å²) in [5.41, 5.74) is 0. The first-order valence-electron chi connectivity index (χ1n) is 2.71. The molecular formula is C6H4ClIO2S. The second-order valence-electron chi connectivity index (χ2n) is 1.87. The molecule has 0 saturated carbocycles. The van der Waals surface area contributed by atoms with Crippen molar-refractivity contribution in [2.45, 2.75) is 4.90 Å². The molecule has 0 heterocycles. The molecule has 0 aromatic heterocycles. The minimum Gasteiger partial charge on any atom is -0.207 e. The number of benzene rings is 1. The summed E-state index contributed by atoms with van der Waals surface area (Å²) in [7, 11) is 1.56. The van der Waals surface area contributed by atoms with Gasteiger partial charge in [0.2, 0.25) is 0 Å². The molecule has 60 valence electrons. The van der Waals surface area contributed by atoms with Gasteiger partial charge in [0, 0.05) is 14.3 Å². The molecule has 1 aromatic carbocycles. The van der Waals surface area contributed by atoms with Crippen LogP contribution in [-0.2, 0) is 9.05 Å².